The van der Waals surface area contributed by atoms with Crippen LogP contribution in [0.15, 0.2) is 24.3 Å². The van der Waals surface area contributed by atoms with Gasteiger partial charge in [0.15, 0.2) is 6.61 Å². The second-order valence-electron chi connectivity index (χ2n) is 4.10. The van der Waals surface area contributed by atoms with Crippen molar-refractivity contribution in [3.05, 3.63) is 29.8 Å². The van der Waals surface area contributed by atoms with Crippen LogP contribution in [0.1, 0.15) is 31.4 Å². The maximum absolute atomic E-state index is 11.5. The van der Waals surface area contributed by atoms with Gasteiger partial charge in [0.25, 0.3) is 5.91 Å². The van der Waals surface area contributed by atoms with E-state index in [1.54, 1.807) is 6.07 Å². The monoisotopic (exact) mass is 261 g/mol. The summed E-state index contributed by atoms with van der Waals surface area (Å²) in [5.74, 6) is 0.391. The van der Waals surface area contributed by atoms with Gasteiger partial charge in [0, 0.05) is 18.2 Å². The number of ether oxygens (including phenoxy) is 1. The number of nitrogens with zero attached hydrogens (tertiary/aromatic N) is 1. The Morgan fingerprint density at radius 2 is 2.26 bits per heavy atom. The first-order chi connectivity index (χ1) is 9.19. The van der Waals surface area contributed by atoms with Gasteiger partial charge in [-0.15, -0.1) is 0 Å². The van der Waals surface area contributed by atoms with Crippen LogP contribution in [0, 0.1) is 11.3 Å². The second kappa shape index (κ2) is 8.11. The molecule has 0 aromatic heterocycles. The highest BCUT2D eigenvalue weighted by molar-refractivity contribution is 5.77. The van der Waals surface area contributed by atoms with E-state index in [4.69, 9.17) is 15.7 Å². The van der Waals surface area contributed by atoms with E-state index in [0.29, 0.717) is 18.7 Å². The van der Waals surface area contributed by atoms with Gasteiger partial charge >= 0.3 is 0 Å². The fourth-order valence-corrected chi connectivity index (χ4v) is 1.59. The number of benzene rings is 1. The summed E-state index contributed by atoms with van der Waals surface area (Å²) in [4.78, 5) is 11.5. The first-order valence-electron chi connectivity index (χ1n) is 6.30. The van der Waals surface area contributed by atoms with Crippen LogP contribution >= 0.6 is 0 Å². The van der Waals surface area contributed by atoms with E-state index >= 15 is 0 Å². The highest BCUT2D eigenvalue weighted by Gasteiger charge is 2.11. The van der Waals surface area contributed by atoms with Crippen LogP contribution in [0.4, 0.5) is 0 Å². The number of nitriles is 1. The number of para-hydroxylation sites is 1. The van der Waals surface area contributed by atoms with Crippen molar-refractivity contribution in [1.29, 1.82) is 5.26 Å². The Morgan fingerprint density at radius 1 is 1.53 bits per heavy atom. The predicted octanol–water partition coefficient (Wildman–Crippen LogP) is 1.51. The van der Waals surface area contributed by atoms with E-state index in [9.17, 15) is 4.79 Å². The van der Waals surface area contributed by atoms with Gasteiger partial charge in [0.2, 0.25) is 0 Å². The van der Waals surface area contributed by atoms with Crippen LogP contribution in [-0.2, 0) is 4.79 Å². The largest absolute Gasteiger partial charge is 0.483 e. The molecule has 0 spiro atoms. The normalized spacial score (nSPS) is 11.4. The first-order valence-corrected chi connectivity index (χ1v) is 6.30. The molecule has 1 rings (SSSR count). The summed E-state index contributed by atoms with van der Waals surface area (Å²) >= 11 is 0. The molecule has 5 heteroatoms. The number of nitrogens with two attached hydrogens (primary N) is 1. The lowest BCUT2D eigenvalue weighted by molar-refractivity contribution is -0.123. The zero-order valence-corrected chi connectivity index (χ0v) is 11.1. The van der Waals surface area contributed by atoms with E-state index in [2.05, 4.69) is 5.32 Å². The van der Waals surface area contributed by atoms with Gasteiger partial charge in [0.1, 0.15) is 5.75 Å². The maximum Gasteiger partial charge on any atom is 0.257 e. The van der Waals surface area contributed by atoms with Crippen LogP contribution in [0.2, 0.25) is 0 Å². The fourth-order valence-electron chi connectivity index (χ4n) is 1.59. The fraction of sp³-hybridized carbons (Fsp3) is 0.429. The van der Waals surface area contributed by atoms with Crippen LogP contribution in [0.25, 0.3) is 0 Å². The van der Waals surface area contributed by atoms with E-state index in [0.717, 1.165) is 12.0 Å². The molecule has 5 nitrogen and oxygen atoms in total. The topological polar surface area (TPSA) is 88.1 Å². The first kappa shape index (κ1) is 15.0. The molecule has 0 unspecified atom stereocenters. The number of carbonyl (C=O) groups excluding carboxylic acids is 1. The average Bonchev–Trinajstić information content (AvgIpc) is 2.45. The summed E-state index contributed by atoms with van der Waals surface area (Å²) in [5.41, 5.74) is 6.88. The van der Waals surface area contributed by atoms with E-state index < -0.39 is 0 Å². The van der Waals surface area contributed by atoms with Crippen molar-refractivity contribution in [3.8, 4) is 11.8 Å². The molecular formula is C14H19N3O2. The Kier molecular flexibility index (Phi) is 6.41. The Bertz CT molecular complexity index is 454. The van der Waals surface area contributed by atoms with Crippen molar-refractivity contribution in [2.75, 3.05) is 13.2 Å². The standard InChI is InChI=1S/C14H19N3O2/c1-2-12(16)11-6-3-4-7-13(11)19-10-14(18)17-9-5-8-15/h3-4,6-7,12H,2,5,9-10,16H2,1H3,(H,17,18)/t12-/m0/s1. The third-order valence-electron chi connectivity index (χ3n) is 2.68. The molecule has 0 saturated heterocycles. The summed E-state index contributed by atoms with van der Waals surface area (Å²) in [6, 6.07) is 9.29. The summed E-state index contributed by atoms with van der Waals surface area (Å²) in [6.45, 7) is 2.27. The highest BCUT2D eigenvalue weighted by Crippen LogP contribution is 2.25. The molecule has 1 amide bonds. The molecule has 0 aliphatic carbocycles. The molecule has 0 radical (unpaired) electrons. The van der Waals surface area contributed by atoms with Crippen LogP contribution in [0.3, 0.4) is 0 Å². The SMILES string of the molecule is CC[C@H](N)c1ccccc1OCC(=O)NCCC#N. The lowest BCUT2D eigenvalue weighted by Gasteiger charge is -2.15. The summed E-state index contributed by atoms with van der Waals surface area (Å²) in [7, 11) is 0. The molecule has 0 fully saturated rings. The molecule has 0 saturated carbocycles. The van der Waals surface area contributed by atoms with Gasteiger partial charge in [-0.3, -0.25) is 4.79 Å². The van der Waals surface area contributed by atoms with Gasteiger partial charge in [-0.1, -0.05) is 25.1 Å². The summed E-state index contributed by atoms with van der Waals surface area (Å²) in [5, 5.41) is 11.0. The van der Waals surface area contributed by atoms with Gasteiger partial charge < -0.3 is 15.8 Å². The summed E-state index contributed by atoms with van der Waals surface area (Å²) in [6.07, 6.45) is 1.10. The molecule has 19 heavy (non-hydrogen) atoms. The lowest BCUT2D eigenvalue weighted by Crippen LogP contribution is -2.29. The Labute approximate surface area is 113 Å². The molecule has 102 valence electrons. The van der Waals surface area contributed by atoms with Crippen LogP contribution in [-0.4, -0.2) is 19.1 Å². The Hall–Kier alpha value is -2.06. The van der Waals surface area contributed by atoms with Crippen molar-refractivity contribution in [1.82, 2.24) is 5.32 Å². The number of amides is 1. The van der Waals surface area contributed by atoms with Crippen molar-refractivity contribution >= 4 is 5.91 Å². The number of rotatable bonds is 7. The lowest BCUT2D eigenvalue weighted by atomic mass is 10.0. The minimum absolute atomic E-state index is 0.0706. The van der Waals surface area contributed by atoms with E-state index in [1.165, 1.54) is 0 Å². The van der Waals surface area contributed by atoms with Gasteiger partial charge in [0.05, 0.1) is 12.5 Å². The number of hydrogen-bond donors (Lipinski definition) is 2. The van der Waals surface area contributed by atoms with Crippen LogP contribution < -0.4 is 15.8 Å². The number of nitrogens with one attached hydrogen (secondary N) is 1. The molecule has 0 aliphatic rings. The molecular weight excluding hydrogens is 242 g/mol. The van der Waals surface area contributed by atoms with E-state index in [-0.39, 0.29) is 18.6 Å². The van der Waals surface area contributed by atoms with Crippen molar-refractivity contribution in [2.24, 2.45) is 5.73 Å². The minimum Gasteiger partial charge on any atom is -0.483 e. The molecule has 1 aromatic carbocycles. The minimum atomic E-state index is -0.241. The predicted molar refractivity (Wildman–Crippen MR) is 72.4 cm³/mol. The molecule has 0 bridgehead atoms. The zero-order chi connectivity index (χ0) is 14.1. The smallest absolute Gasteiger partial charge is 0.257 e. The average molecular weight is 261 g/mol. The van der Waals surface area contributed by atoms with Gasteiger partial charge in [-0.05, 0) is 12.5 Å². The Morgan fingerprint density at radius 3 is 2.95 bits per heavy atom. The highest BCUT2D eigenvalue weighted by atomic mass is 16.5. The second-order valence-corrected chi connectivity index (χ2v) is 4.10. The number of hydrogen-bond acceptors (Lipinski definition) is 4. The third kappa shape index (κ3) is 4.98. The van der Waals surface area contributed by atoms with Crippen molar-refractivity contribution in [2.45, 2.75) is 25.8 Å². The Balaban J connectivity index is 2.53. The maximum atomic E-state index is 11.5. The van der Waals surface area contributed by atoms with Crippen molar-refractivity contribution < 1.29 is 9.53 Å². The molecule has 1 aromatic rings. The zero-order valence-electron chi connectivity index (χ0n) is 11.1. The molecule has 1 atom stereocenters. The molecule has 0 heterocycles. The van der Waals surface area contributed by atoms with Gasteiger partial charge in [-0.2, -0.15) is 5.26 Å². The third-order valence-corrected chi connectivity index (χ3v) is 2.68. The van der Waals surface area contributed by atoms with Crippen LogP contribution in [0.5, 0.6) is 5.75 Å². The number of carbonyl (C=O) groups is 1. The summed E-state index contributed by atoms with van der Waals surface area (Å²) < 4.78 is 5.48. The van der Waals surface area contributed by atoms with E-state index in [1.807, 2.05) is 31.2 Å². The van der Waals surface area contributed by atoms with Crippen molar-refractivity contribution in [3.63, 3.8) is 0 Å². The van der Waals surface area contributed by atoms with Gasteiger partial charge in [-0.25, -0.2) is 0 Å². The quantitative estimate of drug-likeness (QED) is 0.728. The molecule has 0 aliphatic heterocycles. The molecule has 3 N–H and O–H groups in total.